The summed E-state index contributed by atoms with van der Waals surface area (Å²) in [5, 5.41) is 15.9. The molecule has 0 bridgehead atoms. The van der Waals surface area contributed by atoms with Gasteiger partial charge in [-0.1, -0.05) is 23.7 Å². The second-order valence-corrected chi connectivity index (χ2v) is 8.25. The average molecular weight is 425 g/mol. The fourth-order valence-electron chi connectivity index (χ4n) is 2.62. The maximum absolute atomic E-state index is 12.7. The fraction of sp³-hybridized carbons (Fsp3) is 0.235. The molecule has 1 aliphatic heterocycles. The number of hydrogen-bond donors (Lipinski definition) is 1. The molecular formula is C17H17ClN4O5S. The average Bonchev–Trinajstić information content (AvgIpc) is 2.68. The molecule has 0 unspecified atom stereocenters. The van der Waals surface area contributed by atoms with Crippen molar-refractivity contribution in [2.45, 2.75) is 4.90 Å². The number of sulfonamides is 1. The third kappa shape index (κ3) is 4.65. The Kier molecular flexibility index (Phi) is 6.25. The molecule has 0 aromatic heterocycles. The number of morpholine rings is 1. The van der Waals surface area contributed by atoms with Crippen LogP contribution < -0.4 is 5.43 Å². The Morgan fingerprint density at radius 1 is 1.21 bits per heavy atom. The molecule has 148 valence electrons. The van der Waals surface area contributed by atoms with Gasteiger partial charge in [-0.05, 0) is 29.8 Å². The molecule has 1 fully saturated rings. The lowest BCUT2D eigenvalue weighted by atomic mass is 10.2. The zero-order valence-electron chi connectivity index (χ0n) is 14.6. The van der Waals surface area contributed by atoms with Crippen molar-refractivity contribution in [1.29, 1.82) is 0 Å². The molecule has 3 rings (SSSR count). The number of hydrazone groups is 1. The van der Waals surface area contributed by atoms with Crippen molar-refractivity contribution in [3.8, 4) is 0 Å². The van der Waals surface area contributed by atoms with Gasteiger partial charge in [0.1, 0.15) is 5.69 Å². The number of nitro groups is 1. The molecular weight excluding hydrogens is 408 g/mol. The Morgan fingerprint density at radius 3 is 2.64 bits per heavy atom. The lowest BCUT2D eigenvalue weighted by Crippen LogP contribution is -2.40. The van der Waals surface area contributed by atoms with Gasteiger partial charge in [0.05, 0.1) is 29.2 Å². The van der Waals surface area contributed by atoms with Gasteiger partial charge >= 0.3 is 0 Å². The number of nitro benzene ring substituents is 1. The molecule has 1 N–H and O–H groups in total. The molecule has 0 radical (unpaired) electrons. The van der Waals surface area contributed by atoms with Gasteiger partial charge < -0.3 is 4.74 Å². The van der Waals surface area contributed by atoms with E-state index in [4.69, 9.17) is 16.3 Å². The van der Waals surface area contributed by atoms with Crippen LogP contribution in [0.25, 0.3) is 0 Å². The maximum Gasteiger partial charge on any atom is 0.295 e. The van der Waals surface area contributed by atoms with E-state index in [1.165, 1.54) is 22.7 Å². The third-order valence-corrected chi connectivity index (χ3v) is 6.15. The van der Waals surface area contributed by atoms with Crippen LogP contribution in [-0.4, -0.2) is 50.2 Å². The first-order valence-electron chi connectivity index (χ1n) is 8.29. The Labute approximate surface area is 166 Å². The minimum atomic E-state index is -3.84. The zero-order chi connectivity index (χ0) is 20.1. The van der Waals surface area contributed by atoms with Crippen LogP contribution in [0.2, 0.25) is 5.02 Å². The van der Waals surface area contributed by atoms with E-state index in [0.29, 0.717) is 23.8 Å². The zero-order valence-corrected chi connectivity index (χ0v) is 16.2. The first kappa shape index (κ1) is 20.2. The molecule has 2 aromatic rings. The number of anilines is 1. The van der Waals surface area contributed by atoms with Crippen molar-refractivity contribution >= 4 is 39.2 Å². The summed E-state index contributed by atoms with van der Waals surface area (Å²) in [6.45, 7) is 0.998. The van der Waals surface area contributed by atoms with E-state index < -0.39 is 20.6 Å². The summed E-state index contributed by atoms with van der Waals surface area (Å²) in [4.78, 5) is 10.6. The highest BCUT2D eigenvalue weighted by molar-refractivity contribution is 7.89. The number of ether oxygens (including phenoxy) is 1. The van der Waals surface area contributed by atoms with Crippen LogP contribution in [-0.2, 0) is 14.8 Å². The van der Waals surface area contributed by atoms with Gasteiger partial charge in [-0.25, -0.2) is 8.42 Å². The lowest BCUT2D eigenvalue weighted by molar-refractivity contribution is -0.384. The number of hydrogen-bond acceptors (Lipinski definition) is 7. The third-order valence-electron chi connectivity index (χ3n) is 4.02. The fourth-order valence-corrected chi connectivity index (χ4v) is 4.24. The number of rotatable bonds is 6. The van der Waals surface area contributed by atoms with E-state index in [1.807, 2.05) is 0 Å². The van der Waals surface area contributed by atoms with Crippen molar-refractivity contribution in [2.24, 2.45) is 5.10 Å². The maximum atomic E-state index is 12.7. The molecule has 0 atom stereocenters. The van der Waals surface area contributed by atoms with Gasteiger partial charge in [-0.15, -0.1) is 0 Å². The van der Waals surface area contributed by atoms with Gasteiger partial charge in [0.25, 0.3) is 5.69 Å². The van der Waals surface area contributed by atoms with Crippen LogP contribution in [0.3, 0.4) is 0 Å². The van der Waals surface area contributed by atoms with Crippen LogP contribution in [0, 0.1) is 10.1 Å². The molecule has 1 saturated heterocycles. The van der Waals surface area contributed by atoms with E-state index in [9.17, 15) is 18.5 Å². The predicted molar refractivity (Wildman–Crippen MR) is 105 cm³/mol. The summed E-state index contributed by atoms with van der Waals surface area (Å²) in [6, 6.07) is 10.6. The summed E-state index contributed by atoms with van der Waals surface area (Å²) < 4.78 is 31.8. The second kappa shape index (κ2) is 8.65. The predicted octanol–water partition coefficient (Wildman–Crippen LogP) is 2.72. The Balaban J connectivity index is 1.84. The van der Waals surface area contributed by atoms with Gasteiger partial charge in [0.2, 0.25) is 10.0 Å². The number of nitrogens with zero attached hydrogens (tertiary/aromatic N) is 3. The van der Waals surface area contributed by atoms with Crippen LogP contribution in [0.15, 0.2) is 52.5 Å². The Hall–Kier alpha value is -2.53. The van der Waals surface area contributed by atoms with E-state index in [0.717, 1.165) is 6.07 Å². The first-order chi connectivity index (χ1) is 13.4. The van der Waals surface area contributed by atoms with E-state index in [-0.39, 0.29) is 23.7 Å². The van der Waals surface area contributed by atoms with Crippen molar-refractivity contribution in [3.63, 3.8) is 0 Å². The molecule has 11 heteroatoms. The highest BCUT2D eigenvalue weighted by Gasteiger charge is 2.28. The summed E-state index contributed by atoms with van der Waals surface area (Å²) in [7, 11) is -3.84. The number of halogens is 1. The second-order valence-electron chi connectivity index (χ2n) is 5.88. The van der Waals surface area contributed by atoms with E-state index in [2.05, 4.69) is 10.5 Å². The van der Waals surface area contributed by atoms with Crippen molar-refractivity contribution in [2.75, 3.05) is 31.7 Å². The molecule has 0 saturated carbocycles. The molecule has 1 aliphatic rings. The minimum absolute atomic E-state index is 0.0733. The molecule has 28 heavy (non-hydrogen) atoms. The molecule has 0 spiro atoms. The largest absolute Gasteiger partial charge is 0.379 e. The molecule has 0 aliphatic carbocycles. The first-order valence-corrected chi connectivity index (χ1v) is 10.1. The van der Waals surface area contributed by atoms with E-state index in [1.54, 1.807) is 24.3 Å². The monoisotopic (exact) mass is 424 g/mol. The van der Waals surface area contributed by atoms with Gasteiger partial charge in [-0.2, -0.15) is 9.41 Å². The summed E-state index contributed by atoms with van der Waals surface area (Å²) in [5.41, 5.74) is 2.96. The molecule has 2 aromatic carbocycles. The van der Waals surface area contributed by atoms with Crippen LogP contribution in [0.1, 0.15) is 5.56 Å². The van der Waals surface area contributed by atoms with Crippen molar-refractivity contribution in [3.05, 3.63) is 63.2 Å². The lowest BCUT2D eigenvalue weighted by Gasteiger charge is -2.26. The smallest absolute Gasteiger partial charge is 0.295 e. The minimum Gasteiger partial charge on any atom is -0.379 e. The van der Waals surface area contributed by atoms with Crippen LogP contribution in [0.4, 0.5) is 11.4 Å². The number of benzene rings is 2. The normalized spacial score (nSPS) is 15.6. The summed E-state index contributed by atoms with van der Waals surface area (Å²) in [6.07, 6.45) is 1.45. The highest BCUT2D eigenvalue weighted by Crippen LogP contribution is 2.29. The van der Waals surface area contributed by atoms with Gasteiger partial charge in [0, 0.05) is 24.2 Å². The van der Waals surface area contributed by atoms with Gasteiger partial charge in [-0.3, -0.25) is 15.5 Å². The van der Waals surface area contributed by atoms with Crippen LogP contribution >= 0.6 is 11.6 Å². The molecule has 9 nitrogen and oxygen atoms in total. The standard InChI is InChI=1S/C17H17ClN4O5S/c18-14-3-1-2-13(10-14)12-19-20-16-5-4-15(11-17(16)22(23)24)28(25,26)21-6-8-27-9-7-21/h1-5,10-12,20H,6-9H2. The number of nitrogens with one attached hydrogen (secondary N) is 1. The SMILES string of the molecule is O=[N+]([O-])c1cc(S(=O)(=O)N2CCOCC2)ccc1NN=Cc1cccc(Cl)c1. The molecule has 1 heterocycles. The summed E-state index contributed by atoms with van der Waals surface area (Å²) >= 11 is 5.89. The summed E-state index contributed by atoms with van der Waals surface area (Å²) in [5.74, 6) is 0. The Bertz CT molecular complexity index is 1010. The Morgan fingerprint density at radius 2 is 1.96 bits per heavy atom. The van der Waals surface area contributed by atoms with Crippen molar-refractivity contribution < 1.29 is 18.1 Å². The quantitative estimate of drug-likeness (QED) is 0.433. The van der Waals surface area contributed by atoms with E-state index >= 15 is 0 Å². The highest BCUT2D eigenvalue weighted by atomic mass is 35.5. The van der Waals surface area contributed by atoms with Crippen molar-refractivity contribution in [1.82, 2.24) is 4.31 Å². The topological polar surface area (TPSA) is 114 Å². The van der Waals surface area contributed by atoms with Gasteiger partial charge in [0.15, 0.2) is 0 Å². The molecule has 0 amide bonds. The van der Waals surface area contributed by atoms with Crippen LogP contribution in [0.5, 0.6) is 0 Å².